The number of para-hydroxylation sites is 1. The molecule has 8 heteroatoms. The Hall–Kier alpha value is -2.71. The molecular formula is C21H25N3O4S. The number of sulfonamides is 1. The predicted molar refractivity (Wildman–Crippen MR) is 112 cm³/mol. The molecule has 1 N–H and O–H groups in total. The van der Waals surface area contributed by atoms with Crippen molar-refractivity contribution < 1.29 is 17.9 Å². The van der Waals surface area contributed by atoms with Gasteiger partial charge >= 0.3 is 0 Å². The number of hydrogen-bond acceptors (Lipinski definition) is 5. The summed E-state index contributed by atoms with van der Waals surface area (Å²) in [4.78, 5) is 12.6. The monoisotopic (exact) mass is 415 g/mol. The first kappa shape index (κ1) is 21.0. The molecule has 0 atom stereocenters. The number of nitrogens with zero attached hydrogens (tertiary/aromatic N) is 2. The second-order valence-corrected chi connectivity index (χ2v) is 8.85. The van der Waals surface area contributed by atoms with Crippen LogP contribution in [0, 0.1) is 0 Å². The highest BCUT2D eigenvalue weighted by atomic mass is 32.2. The quantitative estimate of drug-likeness (QED) is 0.556. The molecule has 0 spiro atoms. The van der Waals surface area contributed by atoms with E-state index in [1.807, 2.05) is 24.3 Å². The zero-order valence-electron chi connectivity index (χ0n) is 16.6. The SMILES string of the molecule is COc1ccccc1C/C(C)=N\NC(=O)c1cccc(S(=O)(=O)N2CCCC2)c1. The van der Waals surface area contributed by atoms with Gasteiger partial charge in [0.2, 0.25) is 10.0 Å². The Morgan fingerprint density at radius 2 is 1.86 bits per heavy atom. The Morgan fingerprint density at radius 1 is 1.14 bits per heavy atom. The maximum Gasteiger partial charge on any atom is 0.271 e. The molecule has 29 heavy (non-hydrogen) atoms. The molecule has 1 heterocycles. The lowest BCUT2D eigenvalue weighted by molar-refractivity contribution is 0.0954. The van der Waals surface area contributed by atoms with Crippen molar-refractivity contribution in [3.05, 3.63) is 59.7 Å². The third kappa shape index (κ3) is 5.02. The van der Waals surface area contributed by atoms with Gasteiger partial charge in [0, 0.05) is 30.8 Å². The minimum atomic E-state index is -3.57. The molecule has 0 unspecified atom stereocenters. The number of rotatable bonds is 7. The molecule has 1 saturated heterocycles. The van der Waals surface area contributed by atoms with Crippen molar-refractivity contribution in [3.8, 4) is 5.75 Å². The Bertz CT molecular complexity index is 1010. The van der Waals surface area contributed by atoms with Crippen LogP contribution in [0.25, 0.3) is 0 Å². The van der Waals surface area contributed by atoms with E-state index in [2.05, 4.69) is 10.5 Å². The maximum atomic E-state index is 12.7. The second-order valence-electron chi connectivity index (χ2n) is 6.92. The number of ether oxygens (including phenoxy) is 1. The standard InChI is InChI=1S/C21H25N3O4S/c1-16(14-17-8-3-4-11-20(17)28-2)22-23-21(25)18-9-7-10-19(15-18)29(26,27)24-12-5-6-13-24/h3-4,7-11,15H,5-6,12-14H2,1-2H3,(H,23,25)/b22-16-. The van der Waals surface area contributed by atoms with Crippen LogP contribution in [0.5, 0.6) is 5.75 Å². The third-order valence-electron chi connectivity index (χ3n) is 4.79. The fourth-order valence-electron chi connectivity index (χ4n) is 3.25. The summed E-state index contributed by atoms with van der Waals surface area (Å²) in [7, 11) is -1.96. The number of nitrogens with one attached hydrogen (secondary N) is 1. The number of hydrazone groups is 1. The van der Waals surface area contributed by atoms with Crippen LogP contribution >= 0.6 is 0 Å². The van der Waals surface area contributed by atoms with Crippen molar-refractivity contribution >= 4 is 21.6 Å². The molecule has 1 aliphatic rings. The molecule has 154 valence electrons. The first-order valence-corrected chi connectivity index (χ1v) is 10.9. The van der Waals surface area contributed by atoms with Crippen LogP contribution in [0.3, 0.4) is 0 Å². The van der Waals surface area contributed by atoms with E-state index in [0.29, 0.717) is 25.2 Å². The summed E-state index contributed by atoms with van der Waals surface area (Å²) in [6.45, 7) is 2.84. The normalized spacial score (nSPS) is 15.3. The van der Waals surface area contributed by atoms with Crippen molar-refractivity contribution in [1.82, 2.24) is 9.73 Å². The van der Waals surface area contributed by atoms with Crippen LogP contribution in [0.2, 0.25) is 0 Å². The highest BCUT2D eigenvalue weighted by Crippen LogP contribution is 2.21. The molecule has 7 nitrogen and oxygen atoms in total. The average molecular weight is 416 g/mol. The summed E-state index contributed by atoms with van der Waals surface area (Å²) >= 11 is 0. The third-order valence-corrected chi connectivity index (χ3v) is 6.68. The molecule has 0 radical (unpaired) electrons. The predicted octanol–water partition coefficient (Wildman–Crippen LogP) is 2.83. The van der Waals surface area contributed by atoms with E-state index in [1.54, 1.807) is 26.2 Å². The zero-order valence-corrected chi connectivity index (χ0v) is 17.4. The topological polar surface area (TPSA) is 88.1 Å². The van der Waals surface area contributed by atoms with E-state index in [1.165, 1.54) is 16.4 Å². The van der Waals surface area contributed by atoms with Gasteiger partial charge in [0.15, 0.2) is 0 Å². The number of benzene rings is 2. The number of carbonyl (C=O) groups excluding carboxylic acids is 1. The number of hydrogen-bond donors (Lipinski definition) is 1. The zero-order chi connectivity index (χ0) is 20.9. The molecule has 0 aliphatic carbocycles. The fraction of sp³-hybridized carbons (Fsp3) is 0.333. The van der Waals surface area contributed by atoms with E-state index >= 15 is 0 Å². The van der Waals surface area contributed by atoms with Crippen LogP contribution in [0.1, 0.15) is 35.7 Å². The lowest BCUT2D eigenvalue weighted by atomic mass is 10.1. The molecule has 2 aromatic rings. The van der Waals surface area contributed by atoms with Crippen molar-refractivity contribution in [2.24, 2.45) is 5.10 Å². The maximum absolute atomic E-state index is 12.7. The Labute approximate surface area is 171 Å². The van der Waals surface area contributed by atoms with Crippen LogP contribution in [-0.4, -0.2) is 44.5 Å². The van der Waals surface area contributed by atoms with Gasteiger partial charge < -0.3 is 4.74 Å². The minimum Gasteiger partial charge on any atom is -0.496 e. The van der Waals surface area contributed by atoms with E-state index in [0.717, 1.165) is 24.2 Å². The molecule has 1 amide bonds. The molecule has 3 rings (SSSR count). The molecule has 2 aromatic carbocycles. The molecular weight excluding hydrogens is 390 g/mol. The van der Waals surface area contributed by atoms with Gasteiger partial charge in [0.1, 0.15) is 5.75 Å². The summed E-state index contributed by atoms with van der Waals surface area (Å²) in [6.07, 6.45) is 2.24. The second kappa shape index (κ2) is 9.19. The summed E-state index contributed by atoms with van der Waals surface area (Å²) < 4.78 is 32.2. The number of amides is 1. The van der Waals surface area contributed by atoms with Crippen LogP contribution in [-0.2, 0) is 16.4 Å². The summed E-state index contributed by atoms with van der Waals surface area (Å²) in [5.41, 5.74) is 4.41. The summed E-state index contributed by atoms with van der Waals surface area (Å²) in [6, 6.07) is 13.7. The van der Waals surface area contributed by atoms with Crippen molar-refractivity contribution in [3.63, 3.8) is 0 Å². The van der Waals surface area contributed by atoms with Gasteiger partial charge in [0.25, 0.3) is 5.91 Å². The van der Waals surface area contributed by atoms with Gasteiger partial charge in [-0.25, -0.2) is 13.8 Å². The highest BCUT2D eigenvalue weighted by Gasteiger charge is 2.27. The van der Waals surface area contributed by atoms with Crippen LogP contribution < -0.4 is 10.2 Å². The van der Waals surface area contributed by atoms with E-state index < -0.39 is 15.9 Å². The van der Waals surface area contributed by atoms with Gasteiger partial charge in [0.05, 0.1) is 12.0 Å². The van der Waals surface area contributed by atoms with Gasteiger partial charge in [-0.2, -0.15) is 9.41 Å². The Morgan fingerprint density at radius 3 is 2.59 bits per heavy atom. The first-order valence-electron chi connectivity index (χ1n) is 9.47. The lowest BCUT2D eigenvalue weighted by Crippen LogP contribution is -2.28. The average Bonchev–Trinajstić information content (AvgIpc) is 3.28. The van der Waals surface area contributed by atoms with Crippen molar-refractivity contribution in [2.75, 3.05) is 20.2 Å². The van der Waals surface area contributed by atoms with Crippen LogP contribution in [0.4, 0.5) is 0 Å². The van der Waals surface area contributed by atoms with Crippen molar-refractivity contribution in [1.29, 1.82) is 0 Å². The Kier molecular flexibility index (Phi) is 6.66. The molecule has 0 saturated carbocycles. The van der Waals surface area contributed by atoms with Gasteiger partial charge in [-0.1, -0.05) is 24.3 Å². The van der Waals surface area contributed by atoms with Crippen molar-refractivity contribution in [2.45, 2.75) is 31.1 Å². The summed E-state index contributed by atoms with van der Waals surface area (Å²) in [5.74, 6) is 0.302. The van der Waals surface area contributed by atoms with Gasteiger partial charge in [-0.3, -0.25) is 4.79 Å². The summed E-state index contributed by atoms with van der Waals surface area (Å²) in [5, 5.41) is 4.14. The highest BCUT2D eigenvalue weighted by molar-refractivity contribution is 7.89. The van der Waals surface area contributed by atoms with Gasteiger partial charge in [-0.15, -0.1) is 0 Å². The van der Waals surface area contributed by atoms with E-state index in [9.17, 15) is 13.2 Å². The first-order chi connectivity index (χ1) is 13.9. The Balaban J connectivity index is 1.70. The number of carbonyl (C=O) groups is 1. The fourth-order valence-corrected chi connectivity index (χ4v) is 4.81. The molecule has 1 aliphatic heterocycles. The molecule has 1 fully saturated rings. The van der Waals surface area contributed by atoms with E-state index in [4.69, 9.17) is 4.74 Å². The molecule has 0 bridgehead atoms. The minimum absolute atomic E-state index is 0.127. The van der Waals surface area contributed by atoms with Gasteiger partial charge in [-0.05, 0) is 49.6 Å². The smallest absolute Gasteiger partial charge is 0.271 e. The number of methoxy groups -OCH3 is 1. The largest absolute Gasteiger partial charge is 0.496 e. The lowest BCUT2D eigenvalue weighted by Gasteiger charge is -2.15. The van der Waals surface area contributed by atoms with Crippen LogP contribution in [0.15, 0.2) is 58.5 Å². The molecule has 0 aromatic heterocycles. The van der Waals surface area contributed by atoms with E-state index in [-0.39, 0.29) is 10.5 Å².